The number of aromatic nitrogens is 4. The van der Waals surface area contributed by atoms with Gasteiger partial charge in [-0.2, -0.15) is 4.98 Å². The summed E-state index contributed by atoms with van der Waals surface area (Å²) in [4.78, 5) is 48.3. The molecule has 0 radical (unpaired) electrons. The Balaban J connectivity index is 1.71. The normalized spacial score (nSPS) is 15.2. The van der Waals surface area contributed by atoms with E-state index < -0.39 is 17.5 Å². The lowest BCUT2D eigenvalue weighted by Gasteiger charge is -2.34. The standard InChI is InChI=1S/C22H21Cl2N5O5/c1-4-34-21(32)18-25-9-17(27(18)3)29-20(31)13-7-11(2)28(10-16(13)26-22(29)33)19(30)12-5-6-14(23)15(24)8-12/h5-6,8-9,11H,4,7,10H2,1-3H3,(H,26,33)/t11-/m1/s1. The lowest BCUT2D eigenvalue weighted by molar-refractivity contribution is 0.0507. The van der Waals surface area contributed by atoms with Crippen molar-refractivity contribution in [1.29, 1.82) is 0 Å². The zero-order chi connectivity index (χ0) is 24.7. The summed E-state index contributed by atoms with van der Waals surface area (Å²) in [6.07, 6.45) is 1.50. The van der Waals surface area contributed by atoms with E-state index in [0.29, 0.717) is 16.1 Å². The van der Waals surface area contributed by atoms with Crippen LogP contribution in [0.5, 0.6) is 6.01 Å². The van der Waals surface area contributed by atoms with Crippen molar-refractivity contribution < 1.29 is 19.4 Å². The Bertz CT molecular complexity index is 1370. The van der Waals surface area contributed by atoms with Gasteiger partial charge in [-0.1, -0.05) is 23.2 Å². The van der Waals surface area contributed by atoms with E-state index in [1.807, 2.05) is 6.92 Å². The molecule has 12 heteroatoms. The van der Waals surface area contributed by atoms with E-state index in [1.54, 1.807) is 24.0 Å². The maximum absolute atomic E-state index is 13.3. The Morgan fingerprint density at radius 3 is 2.68 bits per heavy atom. The van der Waals surface area contributed by atoms with Gasteiger partial charge in [0.15, 0.2) is 0 Å². The Hall–Kier alpha value is -3.37. The van der Waals surface area contributed by atoms with Crippen LogP contribution in [0.1, 0.15) is 46.1 Å². The third-order valence-electron chi connectivity index (χ3n) is 5.67. The van der Waals surface area contributed by atoms with Gasteiger partial charge in [-0.15, -0.1) is 0 Å². The number of halogens is 2. The number of carbonyl (C=O) groups excluding carboxylic acids is 2. The minimum atomic E-state index is -0.653. The minimum absolute atomic E-state index is 0.0207. The van der Waals surface area contributed by atoms with E-state index in [-0.39, 0.29) is 53.9 Å². The molecule has 1 aliphatic rings. The highest BCUT2D eigenvalue weighted by Crippen LogP contribution is 2.27. The molecule has 0 saturated carbocycles. The minimum Gasteiger partial charge on any atom is -0.480 e. The van der Waals surface area contributed by atoms with Crippen LogP contribution < -0.4 is 5.56 Å². The molecule has 1 atom stereocenters. The number of hydrogen-bond donors (Lipinski definition) is 1. The van der Waals surface area contributed by atoms with Crippen LogP contribution in [0.25, 0.3) is 5.82 Å². The lowest BCUT2D eigenvalue weighted by atomic mass is 9.98. The molecule has 3 aromatic rings. The van der Waals surface area contributed by atoms with Crippen LogP contribution in [0.4, 0.5) is 0 Å². The predicted molar refractivity (Wildman–Crippen MR) is 124 cm³/mol. The molecule has 2 aromatic heterocycles. The molecule has 0 saturated heterocycles. The van der Waals surface area contributed by atoms with Crippen LogP contribution in [0, 0.1) is 0 Å². The van der Waals surface area contributed by atoms with E-state index >= 15 is 0 Å². The molecule has 4 rings (SSSR count). The highest BCUT2D eigenvalue weighted by atomic mass is 35.5. The number of carbonyl (C=O) groups is 2. The molecule has 0 bridgehead atoms. The molecule has 10 nitrogen and oxygen atoms in total. The Morgan fingerprint density at radius 2 is 2.00 bits per heavy atom. The first-order chi connectivity index (χ1) is 16.1. The van der Waals surface area contributed by atoms with E-state index in [0.717, 1.165) is 4.57 Å². The molecular weight excluding hydrogens is 485 g/mol. The summed E-state index contributed by atoms with van der Waals surface area (Å²) in [5.41, 5.74) is 0.499. The Labute approximate surface area is 204 Å². The number of rotatable bonds is 4. The van der Waals surface area contributed by atoms with Crippen molar-refractivity contribution in [3.05, 3.63) is 67.4 Å². The van der Waals surface area contributed by atoms with Gasteiger partial charge >= 0.3 is 12.0 Å². The number of aromatic hydroxyl groups is 1. The van der Waals surface area contributed by atoms with E-state index in [2.05, 4.69) is 9.97 Å². The molecule has 3 heterocycles. The van der Waals surface area contributed by atoms with Crippen molar-refractivity contribution in [2.75, 3.05) is 6.61 Å². The van der Waals surface area contributed by atoms with E-state index in [9.17, 15) is 19.5 Å². The predicted octanol–water partition coefficient (Wildman–Crippen LogP) is 2.74. The van der Waals surface area contributed by atoms with Gasteiger partial charge < -0.3 is 19.3 Å². The number of imidazole rings is 1. The quantitative estimate of drug-likeness (QED) is 0.541. The molecular formula is C22H21Cl2N5O5. The summed E-state index contributed by atoms with van der Waals surface area (Å²) in [5.74, 6) is -0.817. The molecule has 1 amide bonds. The molecule has 0 unspecified atom stereocenters. The fourth-order valence-corrected chi connectivity index (χ4v) is 4.21. The molecule has 1 aromatic carbocycles. The third kappa shape index (κ3) is 4.03. The van der Waals surface area contributed by atoms with Crippen LogP contribution in [-0.4, -0.2) is 53.6 Å². The fourth-order valence-electron chi connectivity index (χ4n) is 3.91. The molecule has 1 aliphatic heterocycles. The second-order valence-electron chi connectivity index (χ2n) is 7.81. The molecule has 0 spiro atoms. The van der Waals surface area contributed by atoms with Gasteiger partial charge in [-0.05, 0) is 38.5 Å². The summed E-state index contributed by atoms with van der Waals surface area (Å²) in [6.45, 7) is 3.68. The van der Waals surface area contributed by atoms with Crippen LogP contribution in [0.3, 0.4) is 0 Å². The topological polar surface area (TPSA) is 120 Å². The maximum Gasteiger partial charge on any atom is 0.374 e. The second kappa shape index (κ2) is 9.11. The average Bonchev–Trinajstić information content (AvgIpc) is 3.16. The molecule has 34 heavy (non-hydrogen) atoms. The smallest absolute Gasteiger partial charge is 0.374 e. The van der Waals surface area contributed by atoms with E-state index in [4.69, 9.17) is 27.9 Å². The zero-order valence-electron chi connectivity index (χ0n) is 18.6. The third-order valence-corrected chi connectivity index (χ3v) is 6.41. The summed E-state index contributed by atoms with van der Waals surface area (Å²) in [5, 5.41) is 11.2. The van der Waals surface area contributed by atoms with E-state index in [1.165, 1.54) is 23.9 Å². The SMILES string of the molecule is CCOC(=O)c1ncc(-n2c(O)nc3c(c2=O)C[C@@H](C)N(C(=O)c2ccc(Cl)c(Cl)c2)C3)n1C. The monoisotopic (exact) mass is 505 g/mol. The van der Waals surface area contributed by atoms with Gasteiger partial charge in [0, 0.05) is 24.2 Å². The zero-order valence-corrected chi connectivity index (χ0v) is 20.1. The largest absolute Gasteiger partial charge is 0.480 e. The average molecular weight is 506 g/mol. The number of ether oxygens (including phenoxy) is 1. The molecule has 0 aliphatic carbocycles. The first-order valence-corrected chi connectivity index (χ1v) is 11.2. The van der Waals surface area contributed by atoms with Crippen LogP contribution in [0.2, 0.25) is 10.0 Å². The number of amides is 1. The number of hydrogen-bond acceptors (Lipinski definition) is 7. The van der Waals surface area contributed by atoms with Crippen molar-refractivity contribution >= 4 is 35.1 Å². The number of fused-ring (bicyclic) bond motifs is 1. The molecule has 178 valence electrons. The van der Waals surface area contributed by atoms with Gasteiger partial charge in [0.25, 0.3) is 11.5 Å². The molecule has 1 N–H and O–H groups in total. The van der Waals surface area contributed by atoms with Gasteiger partial charge in [0.1, 0.15) is 5.82 Å². The summed E-state index contributed by atoms with van der Waals surface area (Å²) >= 11 is 12.0. The lowest BCUT2D eigenvalue weighted by Crippen LogP contribution is -2.45. The number of nitrogens with zero attached hydrogens (tertiary/aromatic N) is 5. The maximum atomic E-state index is 13.3. The summed E-state index contributed by atoms with van der Waals surface area (Å²) in [6, 6.07) is 3.69. The molecule has 0 fully saturated rings. The van der Waals surface area contributed by atoms with Crippen molar-refractivity contribution in [2.24, 2.45) is 7.05 Å². The van der Waals surface area contributed by atoms with Crippen molar-refractivity contribution in [3.8, 4) is 11.8 Å². The Morgan fingerprint density at radius 1 is 1.26 bits per heavy atom. The van der Waals surface area contributed by atoms with Crippen molar-refractivity contribution in [3.63, 3.8) is 0 Å². The number of benzene rings is 1. The second-order valence-corrected chi connectivity index (χ2v) is 8.63. The fraction of sp³-hybridized carbons (Fsp3) is 0.318. The first kappa shape index (κ1) is 23.8. The van der Waals surface area contributed by atoms with Crippen LogP contribution in [-0.2, 0) is 24.8 Å². The van der Waals surface area contributed by atoms with Gasteiger partial charge in [0.2, 0.25) is 5.82 Å². The number of esters is 1. The highest BCUT2D eigenvalue weighted by Gasteiger charge is 2.32. The summed E-state index contributed by atoms with van der Waals surface area (Å²) < 4.78 is 7.30. The van der Waals surface area contributed by atoms with Crippen molar-refractivity contribution in [2.45, 2.75) is 32.9 Å². The van der Waals surface area contributed by atoms with Crippen LogP contribution in [0.15, 0.2) is 29.2 Å². The highest BCUT2D eigenvalue weighted by molar-refractivity contribution is 6.42. The Kier molecular flexibility index (Phi) is 6.37. The van der Waals surface area contributed by atoms with Gasteiger partial charge in [-0.3, -0.25) is 9.59 Å². The van der Waals surface area contributed by atoms with Gasteiger partial charge in [0.05, 0.1) is 35.1 Å². The van der Waals surface area contributed by atoms with Crippen molar-refractivity contribution in [1.82, 2.24) is 24.0 Å². The first-order valence-electron chi connectivity index (χ1n) is 10.4. The van der Waals surface area contributed by atoms with Gasteiger partial charge in [-0.25, -0.2) is 14.3 Å². The summed E-state index contributed by atoms with van der Waals surface area (Å²) in [7, 11) is 1.53. The van der Waals surface area contributed by atoms with Crippen LogP contribution >= 0.6 is 23.2 Å².